The molecule has 0 bridgehead atoms. The van der Waals surface area contributed by atoms with Crippen molar-refractivity contribution in [2.24, 2.45) is 0 Å². The number of nitrogens with one attached hydrogen (secondary N) is 1. The van der Waals surface area contributed by atoms with Crippen LogP contribution < -0.4 is 15.8 Å². The van der Waals surface area contributed by atoms with E-state index in [-0.39, 0.29) is 0 Å². The number of para-hydroxylation sites is 5. The number of hydrogen-bond donors (Lipinski definition) is 1. The largest absolute Gasteiger partial charge is 0.354 e. The van der Waals surface area contributed by atoms with Crippen LogP contribution >= 0.6 is 0 Å². The Bertz CT molecular complexity index is 3130. The lowest BCUT2D eigenvalue weighted by atomic mass is 9.59. The molecule has 50 heavy (non-hydrogen) atoms. The molecule has 0 spiro atoms. The third-order valence-corrected chi connectivity index (χ3v) is 11.2. The molecule has 0 amide bonds. The van der Waals surface area contributed by atoms with Crippen LogP contribution in [0, 0.1) is 0 Å². The molecule has 8 aromatic carbocycles. The van der Waals surface area contributed by atoms with Gasteiger partial charge in [-0.1, -0.05) is 121 Å². The molecule has 0 fully saturated rings. The van der Waals surface area contributed by atoms with Crippen molar-refractivity contribution in [2.45, 2.75) is 0 Å². The smallest absolute Gasteiger partial charge is 0.198 e. The Balaban J connectivity index is 1.28. The number of rotatable bonds is 4. The van der Waals surface area contributed by atoms with E-state index in [1.54, 1.807) is 0 Å². The van der Waals surface area contributed by atoms with Gasteiger partial charge in [-0.3, -0.25) is 0 Å². The molecule has 0 saturated carbocycles. The topological polar surface area (TPSA) is 23.4 Å². The molecule has 12 rings (SSSR count). The van der Waals surface area contributed by atoms with Crippen molar-refractivity contribution in [1.82, 2.24) is 9.38 Å². The van der Waals surface area contributed by atoms with E-state index in [4.69, 9.17) is 0 Å². The van der Waals surface area contributed by atoms with Crippen molar-refractivity contribution < 1.29 is 0 Å². The summed E-state index contributed by atoms with van der Waals surface area (Å²) < 4.78 is 2.60. The van der Waals surface area contributed by atoms with E-state index >= 15 is 0 Å². The summed E-state index contributed by atoms with van der Waals surface area (Å²) in [5, 5.41) is 10.3. The quantitative estimate of drug-likeness (QED) is 0.192. The summed E-state index contributed by atoms with van der Waals surface area (Å²) in [7, 11) is 0.881. The normalized spacial score (nSPS) is 12.6. The first-order valence-corrected chi connectivity index (χ1v) is 17.4. The van der Waals surface area contributed by atoms with Gasteiger partial charge in [0.05, 0.1) is 22.2 Å². The van der Waals surface area contributed by atoms with Crippen LogP contribution in [-0.2, 0) is 0 Å². The molecule has 0 radical (unpaired) electrons. The second kappa shape index (κ2) is 9.55. The summed E-state index contributed by atoms with van der Waals surface area (Å²) in [4.78, 5) is 6.37. The molecule has 1 aliphatic rings. The van der Waals surface area contributed by atoms with Gasteiger partial charge in [-0.05, 0) is 64.3 Å². The monoisotopic (exact) mass is 633 g/mol. The maximum absolute atomic E-state index is 3.91. The second-order valence-electron chi connectivity index (χ2n) is 13.8. The van der Waals surface area contributed by atoms with Gasteiger partial charge in [0, 0.05) is 60.3 Å². The summed E-state index contributed by atoms with van der Waals surface area (Å²) >= 11 is 0. The molecule has 1 aliphatic heterocycles. The first-order valence-electron chi connectivity index (χ1n) is 17.4. The van der Waals surface area contributed by atoms with Gasteiger partial charge >= 0.3 is 0 Å². The maximum atomic E-state index is 3.91. The van der Waals surface area contributed by atoms with Crippen molar-refractivity contribution in [2.75, 3.05) is 4.90 Å². The van der Waals surface area contributed by atoms with Gasteiger partial charge in [0.1, 0.15) is 0 Å². The van der Waals surface area contributed by atoms with Crippen LogP contribution in [0.25, 0.3) is 81.8 Å². The molecular weight excluding hydrogens is 605 g/mol. The fraction of sp³-hybridized carbons (Fsp3) is 0. The Labute approximate surface area is 288 Å². The van der Waals surface area contributed by atoms with Crippen LogP contribution in [0.15, 0.2) is 158 Å². The Hall–Kier alpha value is -6.52. The molecule has 0 saturated heterocycles. The average Bonchev–Trinajstić information content (AvgIpc) is 3.83. The van der Waals surface area contributed by atoms with E-state index in [2.05, 4.69) is 172 Å². The Morgan fingerprint density at radius 3 is 1.90 bits per heavy atom. The Morgan fingerprint density at radius 1 is 0.480 bits per heavy atom. The second-order valence-corrected chi connectivity index (χ2v) is 13.8. The van der Waals surface area contributed by atoms with Crippen LogP contribution in [0.5, 0.6) is 0 Å². The number of fused-ring (bicyclic) bond motifs is 6. The predicted molar refractivity (Wildman–Crippen MR) is 215 cm³/mol. The fourth-order valence-corrected chi connectivity index (χ4v) is 9.17. The van der Waals surface area contributed by atoms with Gasteiger partial charge in [-0.15, -0.1) is 0 Å². The molecular formula is C46H28BN3. The molecule has 0 atom stereocenters. The lowest BCUT2D eigenvalue weighted by molar-refractivity contribution is 1.30. The van der Waals surface area contributed by atoms with Gasteiger partial charge in [-0.2, -0.15) is 0 Å². The number of aromatic nitrogens is 2. The zero-order chi connectivity index (χ0) is 32.5. The summed E-state index contributed by atoms with van der Waals surface area (Å²) in [6, 6.07) is 58.1. The number of hydrogen-bond acceptors (Lipinski definition) is 1. The third kappa shape index (κ3) is 3.35. The lowest BCUT2D eigenvalue weighted by Gasteiger charge is -2.29. The van der Waals surface area contributed by atoms with E-state index in [1.807, 2.05) is 0 Å². The molecule has 1 N–H and O–H groups in total. The summed E-state index contributed by atoms with van der Waals surface area (Å²) in [5.74, 6) is 0. The molecule has 3 aromatic heterocycles. The number of aromatic amines is 1. The third-order valence-electron chi connectivity index (χ3n) is 11.2. The van der Waals surface area contributed by atoms with Gasteiger partial charge in [-0.25, -0.2) is 0 Å². The summed E-state index contributed by atoms with van der Waals surface area (Å²) in [6.07, 6.45) is 0. The minimum absolute atomic E-state index is 0.881. The van der Waals surface area contributed by atoms with Crippen LogP contribution in [0.3, 0.4) is 0 Å². The van der Waals surface area contributed by atoms with Gasteiger partial charge < -0.3 is 14.3 Å². The summed E-state index contributed by atoms with van der Waals surface area (Å²) in [5.41, 5.74) is 15.1. The van der Waals surface area contributed by atoms with Gasteiger partial charge in [0.25, 0.3) is 0 Å². The number of anilines is 3. The first kappa shape index (κ1) is 26.4. The van der Waals surface area contributed by atoms with Crippen LogP contribution in [-0.4, -0.2) is 16.7 Å². The highest BCUT2D eigenvalue weighted by Gasteiger charge is 2.31. The first-order chi connectivity index (χ1) is 24.8. The van der Waals surface area contributed by atoms with Crippen molar-refractivity contribution in [3.63, 3.8) is 0 Å². The van der Waals surface area contributed by atoms with E-state index in [0.717, 1.165) is 18.7 Å². The minimum Gasteiger partial charge on any atom is -0.354 e. The van der Waals surface area contributed by atoms with E-state index in [1.165, 1.54) is 98.4 Å². The standard InChI is InChI=1S/C46H28BN3/c1-3-14-29(15-4-1)49(30-16-5-2-6-17-30)40-26-37(32-19-9-18-31-36-24-27-12-7-8-13-28(27)25-39(36)48-43(31)32)42-46-41(40)35-22-10-20-33-34-21-11-23-38(47-42)45(34)50(46)44(33)35/h1-26,47-48H. The van der Waals surface area contributed by atoms with Crippen LogP contribution in [0.1, 0.15) is 0 Å². The van der Waals surface area contributed by atoms with E-state index in [0.29, 0.717) is 0 Å². The van der Waals surface area contributed by atoms with E-state index in [9.17, 15) is 0 Å². The highest BCUT2D eigenvalue weighted by Crippen LogP contribution is 2.48. The average molecular weight is 634 g/mol. The van der Waals surface area contributed by atoms with Crippen molar-refractivity contribution >= 4 is 106 Å². The van der Waals surface area contributed by atoms with Gasteiger partial charge in [0.15, 0.2) is 7.28 Å². The number of H-pyrrole nitrogens is 1. The molecule has 4 heteroatoms. The lowest BCUT2D eigenvalue weighted by Crippen LogP contribution is -2.34. The maximum Gasteiger partial charge on any atom is 0.198 e. The number of benzene rings is 8. The zero-order valence-electron chi connectivity index (χ0n) is 27.1. The van der Waals surface area contributed by atoms with Gasteiger partial charge in [0.2, 0.25) is 0 Å². The number of nitrogens with zero attached hydrogens (tertiary/aromatic N) is 2. The van der Waals surface area contributed by atoms with Crippen molar-refractivity contribution in [3.8, 4) is 11.1 Å². The summed E-state index contributed by atoms with van der Waals surface area (Å²) in [6.45, 7) is 0. The molecule has 4 heterocycles. The SMILES string of the molecule is B1c2cccc3c4cccc5c6c(N(c7ccccc7)c7ccccc7)cc(-c7cccc8c7[nH]c7cc9ccccc9cc78)c1c6n(c23)c45. The molecule has 3 nitrogen and oxygen atoms in total. The Morgan fingerprint density at radius 2 is 1.12 bits per heavy atom. The predicted octanol–water partition coefficient (Wildman–Crippen LogP) is 10.5. The van der Waals surface area contributed by atoms with Crippen LogP contribution in [0.2, 0.25) is 0 Å². The molecule has 230 valence electrons. The Kier molecular flexibility index (Phi) is 5.05. The van der Waals surface area contributed by atoms with E-state index < -0.39 is 0 Å². The fourth-order valence-electron chi connectivity index (χ4n) is 9.17. The molecule has 0 aliphatic carbocycles. The van der Waals surface area contributed by atoms with Crippen molar-refractivity contribution in [1.29, 1.82) is 0 Å². The zero-order valence-corrected chi connectivity index (χ0v) is 27.1. The van der Waals surface area contributed by atoms with Crippen LogP contribution in [0.4, 0.5) is 17.1 Å². The molecule has 11 aromatic rings. The molecule has 0 unspecified atom stereocenters. The minimum atomic E-state index is 0.881. The highest BCUT2D eigenvalue weighted by molar-refractivity contribution is 6.75. The highest BCUT2D eigenvalue weighted by atomic mass is 15.1. The van der Waals surface area contributed by atoms with Crippen molar-refractivity contribution in [3.05, 3.63) is 158 Å².